The molecule has 0 aromatic heterocycles. The molecule has 0 N–H and O–H groups in total. The minimum atomic E-state index is -2.98. The van der Waals surface area contributed by atoms with E-state index in [1.165, 1.54) is 5.56 Å². The molecule has 5 nitrogen and oxygen atoms in total. The van der Waals surface area contributed by atoms with E-state index in [1.807, 2.05) is 24.1 Å². The van der Waals surface area contributed by atoms with Crippen LogP contribution in [-0.4, -0.2) is 57.4 Å². The lowest BCUT2D eigenvalue weighted by atomic mass is 9.87. The Kier molecular flexibility index (Phi) is 5.28. The molecular formula is C18H28N2O3S. The van der Waals surface area contributed by atoms with Crippen LogP contribution in [-0.2, 0) is 20.0 Å². The summed E-state index contributed by atoms with van der Waals surface area (Å²) in [6.07, 6.45) is 0.536. The van der Waals surface area contributed by atoms with E-state index < -0.39 is 9.84 Å². The Hall–Kier alpha value is -1.56. The van der Waals surface area contributed by atoms with Gasteiger partial charge in [0.2, 0.25) is 5.91 Å². The zero-order chi connectivity index (χ0) is 18.1. The number of nitrogens with zero attached hydrogens (tertiary/aromatic N) is 2. The predicted molar refractivity (Wildman–Crippen MR) is 98.2 cm³/mol. The molecule has 0 spiro atoms. The summed E-state index contributed by atoms with van der Waals surface area (Å²) in [4.78, 5) is 15.9. The van der Waals surface area contributed by atoms with Crippen molar-refractivity contribution >= 4 is 21.4 Å². The first-order valence-corrected chi connectivity index (χ1v) is 10.1. The Labute approximate surface area is 145 Å². The van der Waals surface area contributed by atoms with E-state index in [-0.39, 0.29) is 35.4 Å². The molecule has 6 heteroatoms. The van der Waals surface area contributed by atoms with Gasteiger partial charge in [0, 0.05) is 25.8 Å². The molecule has 1 aliphatic heterocycles. The van der Waals surface area contributed by atoms with Gasteiger partial charge >= 0.3 is 0 Å². The smallest absolute Gasteiger partial charge is 0.242 e. The fraction of sp³-hybridized carbons (Fsp3) is 0.611. The number of amides is 1. The van der Waals surface area contributed by atoms with Crippen LogP contribution in [0.5, 0.6) is 0 Å². The van der Waals surface area contributed by atoms with Crippen LogP contribution in [0.2, 0.25) is 0 Å². The van der Waals surface area contributed by atoms with Crippen LogP contribution >= 0.6 is 0 Å². The predicted octanol–water partition coefficient (Wildman–Crippen LogP) is 2.07. The highest BCUT2D eigenvalue weighted by Gasteiger charge is 2.32. The number of anilines is 1. The highest BCUT2D eigenvalue weighted by molar-refractivity contribution is 7.91. The highest BCUT2D eigenvalue weighted by Crippen LogP contribution is 2.24. The van der Waals surface area contributed by atoms with Crippen molar-refractivity contribution in [1.29, 1.82) is 0 Å². The summed E-state index contributed by atoms with van der Waals surface area (Å²) in [7, 11) is 0.596. The second-order valence-electron chi connectivity index (χ2n) is 7.71. The summed E-state index contributed by atoms with van der Waals surface area (Å²) in [5.41, 5.74) is 2.32. The van der Waals surface area contributed by atoms with Gasteiger partial charge in [0.25, 0.3) is 0 Å². The van der Waals surface area contributed by atoms with Crippen LogP contribution in [0.1, 0.15) is 32.8 Å². The molecule has 1 atom stereocenters. The molecule has 1 heterocycles. The van der Waals surface area contributed by atoms with Gasteiger partial charge in [-0.25, -0.2) is 8.42 Å². The number of hydrogen-bond donors (Lipinski definition) is 0. The van der Waals surface area contributed by atoms with Crippen molar-refractivity contribution in [2.24, 2.45) is 0 Å². The van der Waals surface area contributed by atoms with Crippen molar-refractivity contribution in [3.8, 4) is 0 Å². The van der Waals surface area contributed by atoms with Gasteiger partial charge in [-0.1, -0.05) is 32.9 Å². The van der Waals surface area contributed by atoms with Crippen molar-refractivity contribution < 1.29 is 13.2 Å². The molecule has 1 aromatic carbocycles. The van der Waals surface area contributed by atoms with Crippen LogP contribution in [0.15, 0.2) is 24.3 Å². The third kappa shape index (κ3) is 4.50. The molecule has 1 fully saturated rings. The summed E-state index contributed by atoms with van der Waals surface area (Å²) >= 11 is 0. The Morgan fingerprint density at radius 2 is 1.75 bits per heavy atom. The standard InChI is InChI=1S/C18H28N2O3S/c1-18(2,3)14-6-8-15(9-7-14)19(4)12-17(21)20(5)16-10-11-24(22,23)13-16/h6-9,16H,10-13H2,1-5H3. The lowest BCUT2D eigenvalue weighted by Crippen LogP contribution is -2.43. The van der Waals surface area contributed by atoms with E-state index in [1.54, 1.807) is 11.9 Å². The summed E-state index contributed by atoms with van der Waals surface area (Å²) in [6, 6.07) is 8.02. The Balaban J connectivity index is 1.98. The zero-order valence-electron chi connectivity index (χ0n) is 15.2. The Morgan fingerprint density at radius 1 is 1.17 bits per heavy atom. The average molecular weight is 353 g/mol. The van der Waals surface area contributed by atoms with Gasteiger partial charge in [-0.15, -0.1) is 0 Å². The molecule has 1 aromatic rings. The Bertz CT molecular complexity index is 690. The minimum absolute atomic E-state index is 0.0560. The van der Waals surface area contributed by atoms with Gasteiger partial charge in [0.1, 0.15) is 0 Å². The first-order chi connectivity index (χ1) is 11.0. The number of carbonyl (C=O) groups excluding carboxylic acids is 1. The third-order valence-corrected chi connectivity index (χ3v) is 6.45. The molecule has 2 rings (SSSR count). The average Bonchev–Trinajstić information content (AvgIpc) is 2.85. The van der Waals surface area contributed by atoms with Crippen LogP contribution < -0.4 is 4.90 Å². The maximum atomic E-state index is 12.4. The van der Waals surface area contributed by atoms with E-state index in [9.17, 15) is 13.2 Å². The zero-order valence-corrected chi connectivity index (χ0v) is 16.1. The van der Waals surface area contributed by atoms with Crippen LogP contribution in [0.3, 0.4) is 0 Å². The molecule has 0 saturated carbocycles. The highest BCUT2D eigenvalue weighted by atomic mass is 32.2. The van der Waals surface area contributed by atoms with Crippen LogP contribution in [0.25, 0.3) is 0 Å². The fourth-order valence-electron chi connectivity index (χ4n) is 2.91. The molecule has 0 bridgehead atoms. The van der Waals surface area contributed by atoms with Crippen molar-refractivity contribution in [1.82, 2.24) is 4.90 Å². The lowest BCUT2D eigenvalue weighted by Gasteiger charge is -2.27. The van der Waals surface area contributed by atoms with E-state index in [0.29, 0.717) is 6.42 Å². The molecule has 1 amide bonds. The molecule has 134 valence electrons. The van der Waals surface area contributed by atoms with Gasteiger partial charge in [-0.3, -0.25) is 4.79 Å². The maximum absolute atomic E-state index is 12.4. The van der Waals surface area contributed by atoms with Gasteiger partial charge in [-0.05, 0) is 29.5 Å². The maximum Gasteiger partial charge on any atom is 0.242 e. The van der Waals surface area contributed by atoms with Crippen molar-refractivity contribution in [3.63, 3.8) is 0 Å². The number of likely N-dealkylation sites (N-methyl/N-ethyl adjacent to an activating group) is 2. The van der Waals surface area contributed by atoms with Gasteiger partial charge in [0.15, 0.2) is 9.84 Å². The van der Waals surface area contributed by atoms with E-state index in [4.69, 9.17) is 0 Å². The minimum Gasteiger partial charge on any atom is -0.365 e. The summed E-state index contributed by atoms with van der Waals surface area (Å²) in [5.74, 6) is 0.207. The second kappa shape index (κ2) is 6.75. The number of sulfone groups is 1. The van der Waals surface area contributed by atoms with Crippen LogP contribution in [0, 0.1) is 0 Å². The lowest BCUT2D eigenvalue weighted by molar-refractivity contribution is -0.130. The van der Waals surface area contributed by atoms with E-state index >= 15 is 0 Å². The van der Waals surface area contributed by atoms with Crippen molar-refractivity contribution in [2.45, 2.75) is 38.6 Å². The quantitative estimate of drug-likeness (QED) is 0.832. The molecule has 1 aliphatic rings. The molecule has 0 radical (unpaired) electrons. The van der Waals surface area contributed by atoms with Gasteiger partial charge in [-0.2, -0.15) is 0 Å². The monoisotopic (exact) mass is 352 g/mol. The first-order valence-electron chi connectivity index (χ1n) is 8.27. The molecular weight excluding hydrogens is 324 g/mol. The summed E-state index contributed by atoms with van der Waals surface area (Å²) in [6.45, 7) is 6.74. The largest absolute Gasteiger partial charge is 0.365 e. The fourth-order valence-corrected chi connectivity index (χ4v) is 4.68. The van der Waals surface area contributed by atoms with Gasteiger partial charge < -0.3 is 9.80 Å². The van der Waals surface area contributed by atoms with Crippen molar-refractivity contribution in [3.05, 3.63) is 29.8 Å². The van der Waals surface area contributed by atoms with Crippen LogP contribution in [0.4, 0.5) is 5.69 Å². The Morgan fingerprint density at radius 3 is 2.21 bits per heavy atom. The SMILES string of the molecule is CN(CC(=O)N(C)C1CCS(=O)(=O)C1)c1ccc(C(C)(C)C)cc1. The first kappa shape index (κ1) is 18.8. The molecule has 0 aliphatic carbocycles. The number of rotatable bonds is 4. The molecule has 1 saturated heterocycles. The number of hydrogen-bond acceptors (Lipinski definition) is 4. The van der Waals surface area contributed by atoms with Gasteiger partial charge in [0.05, 0.1) is 18.1 Å². The molecule has 1 unspecified atom stereocenters. The summed E-state index contributed by atoms with van der Waals surface area (Å²) in [5, 5.41) is 0. The normalized spacial score (nSPS) is 20.0. The number of carbonyl (C=O) groups is 1. The van der Waals surface area contributed by atoms with E-state index in [0.717, 1.165) is 5.69 Å². The summed E-state index contributed by atoms with van der Waals surface area (Å²) < 4.78 is 23.2. The van der Waals surface area contributed by atoms with E-state index in [2.05, 4.69) is 32.9 Å². The third-order valence-electron chi connectivity index (χ3n) is 4.70. The topological polar surface area (TPSA) is 57.7 Å². The second-order valence-corrected chi connectivity index (χ2v) is 9.94. The van der Waals surface area contributed by atoms with Crippen molar-refractivity contribution in [2.75, 3.05) is 37.0 Å². The number of benzene rings is 1. The molecule has 24 heavy (non-hydrogen) atoms.